The van der Waals surface area contributed by atoms with E-state index in [0.717, 1.165) is 30.0 Å². The van der Waals surface area contributed by atoms with E-state index in [1.807, 2.05) is 0 Å². The van der Waals surface area contributed by atoms with Gasteiger partial charge >= 0.3 is 6.36 Å². The third-order valence-corrected chi connectivity index (χ3v) is 6.06. The Labute approximate surface area is 186 Å². The molecule has 0 unspecified atom stereocenters. The number of amides is 1. The molecular formula is C20H22F3N5O3S. The molecule has 1 aliphatic heterocycles. The second kappa shape index (κ2) is 9.04. The predicted molar refractivity (Wildman–Crippen MR) is 113 cm³/mol. The third kappa shape index (κ3) is 5.19. The van der Waals surface area contributed by atoms with E-state index in [4.69, 9.17) is 4.74 Å². The summed E-state index contributed by atoms with van der Waals surface area (Å²) in [6, 6.07) is 3.94. The van der Waals surface area contributed by atoms with Crippen LogP contribution in [0.4, 0.5) is 18.3 Å². The van der Waals surface area contributed by atoms with Gasteiger partial charge in [0.05, 0.1) is 23.4 Å². The van der Waals surface area contributed by atoms with Gasteiger partial charge in [-0.1, -0.05) is 11.3 Å². The number of thiazole rings is 1. The van der Waals surface area contributed by atoms with Crippen LogP contribution in [-0.4, -0.2) is 71.3 Å². The van der Waals surface area contributed by atoms with Gasteiger partial charge in [0.15, 0.2) is 10.8 Å². The summed E-state index contributed by atoms with van der Waals surface area (Å²) in [5, 5.41) is 4.68. The van der Waals surface area contributed by atoms with Gasteiger partial charge in [-0.15, -0.1) is 13.2 Å². The predicted octanol–water partition coefficient (Wildman–Crippen LogP) is 3.22. The number of rotatable bonds is 6. The zero-order valence-electron chi connectivity index (χ0n) is 17.6. The van der Waals surface area contributed by atoms with Gasteiger partial charge in [0.1, 0.15) is 5.75 Å². The number of aryl methyl sites for hydroxylation is 2. The number of ether oxygens (including phenoxy) is 2. The fourth-order valence-corrected chi connectivity index (χ4v) is 4.52. The molecule has 0 aliphatic carbocycles. The highest BCUT2D eigenvalue weighted by atomic mass is 32.1. The lowest BCUT2D eigenvalue weighted by molar-refractivity contribution is -0.274. The summed E-state index contributed by atoms with van der Waals surface area (Å²) in [7, 11) is 1.74. The second-order valence-electron chi connectivity index (χ2n) is 7.42. The number of morpholine rings is 1. The highest BCUT2D eigenvalue weighted by molar-refractivity contribution is 7.22. The van der Waals surface area contributed by atoms with Crippen molar-refractivity contribution in [2.75, 3.05) is 44.3 Å². The molecule has 1 amide bonds. The van der Waals surface area contributed by atoms with E-state index in [-0.39, 0.29) is 11.7 Å². The van der Waals surface area contributed by atoms with Crippen molar-refractivity contribution in [3.63, 3.8) is 0 Å². The molecule has 0 N–H and O–H groups in total. The summed E-state index contributed by atoms with van der Waals surface area (Å²) < 4.78 is 49.2. The van der Waals surface area contributed by atoms with Gasteiger partial charge in [0.25, 0.3) is 5.91 Å². The number of anilines is 1. The Hall–Kier alpha value is -2.70. The highest BCUT2D eigenvalue weighted by Crippen LogP contribution is 2.34. The number of hydrogen-bond donors (Lipinski definition) is 0. The molecule has 4 rings (SSSR count). The quantitative estimate of drug-likeness (QED) is 0.552. The van der Waals surface area contributed by atoms with Gasteiger partial charge in [0.2, 0.25) is 0 Å². The molecule has 0 spiro atoms. The van der Waals surface area contributed by atoms with Gasteiger partial charge in [0, 0.05) is 51.1 Å². The Morgan fingerprint density at radius 2 is 2.06 bits per heavy atom. The summed E-state index contributed by atoms with van der Waals surface area (Å²) >= 11 is 1.14. The lowest BCUT2D eigenvalue weighted by atomic mass is 10.2. The number of fused-ring (bicyclic) bond motifs is 1. The minimum absolute atomic E-state index is 0.304. The van der Waals surface area contributed by atoms with Crippen LogP contribution in [0.1, 0.15) is 16.1 Å². The van der Waals surface area contributed by atoms with Gasteiger partial charge < -0.3 is 9.47 Å². The first-order chi connectivity index (χ1) is 15.2. The molecular weight excluding hydrogens is 447 g/mol. The van der Waals surface area contributed by atoms with E-state index in [1.54, 1.807) is 29.7 Å². The van der Waals surface area contributed by atoms with Crippen LogP contribution in [0, 0.1) is 6.92 Å². The lowest BCUT2D eigenvalue weighted by Gasteiger charge is -2.29. The average molecular weight is 469 g/mol. The molecule has 1 fully saturated rings. The molecule has 3 aromatic rings. The van der Waals surface area contributed by atoms with E-state index in [9.17, 15) is 18.0 Å². The Morgan fingerprint density at radius 3 is 2.72 bits per heavy atom. The molecule has 0 atom stereocenters. The fraction of sp³-hybridized carbons (Fsp3) is 0.450. The number of carbonyl (C=O) groups is 1. The zero-order chi connectivity index (χ0) is 22.9. The van der Waals surface area contributed by atoms with Gasteiger partial charge in [-0.05, 0) is 19.1 Å². The number of hydrogen-bond acceptors (Lipinski definition) is 7. The number of nitrogens with zero attached hydrogens (tertiary/aromatic N) is 5. The highest BCUT2D eigenvalue weighted by Gasteiger charge is 2.31. The summed E-state index contributed by atoms with van der Waals surface area (Å²) in [4.78, 5) is 21.6. The van der Waals surface area contributed by atoms with Crippen LogP contribution in [0.5, 0.6) is 5.75 Å². The number of benzene rings is 1. The Kier molecular flexibility index (Phi) is 6.35. The van der Waals surface area contributed by atoms with E-state index < -0.39 is 6.36 Å². The Balaban J connectivity index is 1.64. The number of aromatic nitrogens is 3. The van der Waals surface area contributed by atoms with Crippen LogP contribution < -0.4 is 9.64 Å². The van der Waals surface area contributed by atoms with Crippen molar-refractivity contribution >= 4 is 32.6 Å². The minimum atomic E-state index is -4.78. The van der Waals surface area contributed by atoms with Crippen LogP contribution >= 0.6 is 11.3 Å². The van der Waals surface area contributed by atoms with E-state index >= 15 is 0 Å². The topological polar surface area (TPSA) is 72.7 Å². The normalized spacial score (nSPS) is 15.3. The summed E-state index contributed by atoms with van der Waals surface area (Å²) in [5.41, 5.74) is 1.53. The first-order valence-corrected chi connectivity index (χ1v) is 10.8. The molecule has 0 radical (unpaired) electrons. The number of carbonyl (C=O) groups excluding carboxylic acids is 1. The molecule has 8 nitrogen and oxygen atoms in total. The molecule has 0 saturated carbocycles. The minimum Gasteiger partial charge on any atom is -0.406 e. The van der Waals surface area contributed by atoms with E-state index in [1.165, 1.54) is 18.2 Å². The van der Waals surface area contributed by atoms with Crippen molar-refractivity contribution in [2.45, 2.75) is 13.3 Å². The molecule has 1 aromatic carbocycles. The van der Waals surface area contributed by atoms with Crippen molar-refractivity contribution in [1.29, 1.82) is 0 Å². The van der Waals surface area contributed by atoms with Crippen LogP contribution in [0.3, 0.4) is 0 Å². The first-order valence-electron chi connectivity index (χ1n) is 9.98. The van der Waals surface area contributed by atoms with Crippen molar-refractivity contribution in [2.24, 2.45) is 7.05 Å². The summed E-state index contributed by atoms with van der Waals surface area (Å²) in [5.74, 6) is -0.630. The molecule has 172 valence electrons. The smallest absolute Gasteiger partial charge is 0.406 e. The SMILES string of the molecule is Cc1cn(C)nc1C(=O)N(CCN1CCOCC1)c1nc2ccc(OC(F)(F)F)cc2s1. The number of alkyl halides is 3. The van der Waals surface area contributed by atoms with Crippen LogP contribution in [-0.2, 0) is 11.8 Å². The van der Waals surface area contributed by atoms with Crippen molar-refractivity contribution in [3.05, 3.63) is 35.7 Å². The maximum atomic E-state index is 13.4. The molecule has 12 heteroatoms. The molecule has 0 bridgehead atoms. The number of halogens is 3. The lowest BCUT2D eigenvalue weighted by Crippen LogP contribution is -2.43. The van der Waals surface area contributed by atoms with E-state index in [0.29, 0.717) is 47.3 Å². The summed E-state index contributed by atoms with van der Waals surface area (Å²) in [6.45, 7) is 5.58. The van der Waals surface area contributed by atoms with Gasteiger partial charge in [-0.3, -0.25) is 19.3 Å². The largest absolute Gasteiger partial charge is 0.573 e. The summed E-state index contributed by atoms with van der Waals surface area (Å²) in [6.07, 6.45) is -3.02. The average Bonchev–Trinajstić information content (AvgIpc) is 3.29. The second-order valence-corrected chi connectivity index (χ2v) is 8.43. The van der Waals surface area contributed by atoms with Crippen molar-refractivity contribution in [1.82, 2.24) is 19.7 Å². The van der Waals surface area contributed by atoms with E-state index in [2.05, 4.69) is 19.7 Å². The zero-order valence-corrected chi connectivity index (χ0v) is 18.4. The molecule has 1 saturated heterocycles. The van der Waals surface area contributed by atoms with Crippen molar-refractivity contribution in [3.8, 4) is 5.75 Å². The molecule has 3 heterocycles. The molecule has 1 aliphatic rings. The molecule has 2 aromatic heterocycles. The van der Waals surface area contributed by atoms with Crippen LogP contribution in [0.15, 0.2) is 24.4 Å². The Bertz CT molecular complexity index is 1110. The maximum absolute atomic E-state index is 13.4. The molecule has 32 heavy (non-hydrogen) atoms. The Morgan fingerprint density at radius 1 is 1.31 bits per heavy atom. The third-order valence-electron chi connectivity index (χ3n) is 5.02. The van der Waals surface area contributed by atoms with Crippen molar-refractivity contribution < 1.29 is 27.4 Å². The maximum Gasteiger partial charge on any atom is 0.573 e. The van der Waals surface area contributed by atoms with Crippen LogP contribution in [0.25, 0.3) is 10.2 Å². The standard InChI is InChI=1S/C20H22F3N5O3S/c1-13-12-26(2)25-17(13)18(29)28(6-5-27-7-9-30-10-8-27)19-24-15-4-3-14(11-16(15)32-19)31-20(21,22)23/h3-4,11-12H,5-10H2,1-2H3. The van der Waals surface area contributed by atoms with Crippen LogP contribution in [0.2, 0.25) is 0 Å². The first kappa shape index (κ1) is 22.5. The van der Waals surface area contributed by atoms with Gasteiger partial charge in [-0.25, -0.2) is 4.98 Å². The fourth-order valence-electron chi connectivity index (χ4n) is 3.50. The van der Waals surface area contributed by atoms with Gasteiger partial charge in [-0.2, -0.15) is 5.10 Å². The monoisotopic (exact) mass is 469 g/mol.